The summed E-state index contributed by atoms with van der Waals surface area (Å²) in [6.45, 7) is 0. The van der Waals surface area contributed by atoms with Crippen LogP contribution in [-0.4, -0.2) is 22.0 Å². The van der Waals surface area contributed by atoms with Gasteiger partial charge in [0.2, 0.25) is 0 Å². The molecule has 0 heterocycles. The number of nitrogens with zero attached hydrogens (tertiary/aromatic N) is 1. The van der Waals surface area contributed by atoms with Crippen LogP contribution < -0.4 is 0 Å². The van der Waals surface area contributed by atoms with Crippen molar-refractivity contribution in [2.24, 2.45) is 22.9 Å². The Bertz CT molecular complexity index is 249. The Balaban J connectivity index is 2.20. The van der Waals surface area contributed by atoms with Crippen molar-refractivity contribution in [3.63, 3.8) is 0 Å². The van der Waals surface area contributed by atoms with Crippen molar-refractivity contribution < 1.29 is 15.1 Å². The second kappa shape index (κ2) is 2.47. The fourth-order valence-corrected chi connectivity index (χ4v) is 2.51. The summed E-state index contributed by atoms with van der Waals surface area (Å²) in [6.07, 6.45) is 2.46. The first-order chi connectivity index (χ1) is 5.72. The molecule has 12 heavy (non-hydrogen) atoms. The van der Waals surface area contributed by atoms with Gasteiger partial charge in [0.05, 0.1) is 11.6 Å². The van der Waals surface area contributed by atoms with Crippen molar-refractivity contribution in [3.05, 3.63) is 0 Å². The zero-order chi connectivity index (χ0) is 8.72. The van der Waals surface area contributed by atoms with Gasteiger partial charge < -0.3 is 10.3 Å². The Morgan fingerprint density at radius 1 is 1.50 bits per heavy atom. The van der Waals surface area contributed by atoms with Crippen molar-refractivity contribution in [3.8, 4) is 0 Å². The highest BCUT2D eigenvalue weighted by Gasteiger charge is 2.47. The molecule has 2 rings (SSSR count). The van der Waals surface area contributed by atoms with Crippen LogP contribution in [0.15, 0.2) is 5.16 Å². The Morgan fingerprint density at radius 3 is 2.75 bits per heavy atom. The largest absolute Gasteiger partial charge is 0.481 e. The normalized spacial score (nSPS) is 42.3. The standard InChI is InChI=1S/C8H11NO3/c10-8(11)6-2-4-1-5(6)7(3-4)9-12/h4-6,12H,1-3H2,(H,10,11). The Labute approximate surface area is 69.9 Å². The van der Waals surface area contributed by atoms with E-state index in [1.165, 1.54) is 0 Å². The molecule has 2 saturated carbocycles. The second-order valence-corrected chi connectivity index (χ2v) is 3.68. The lowest BCUT2D eigenvalue weighted by molar-refractivity contribution is -0.142. The summed E-state index contributed by atoms with van der Waals surface area (Å²) in [7, 11) is 0. The fraction of sp³-hybridized carbons (Fsp3) is 0.750. The van der Waals surface area contributed by atoms with Crippen LogP contribution in [-0.2, 0) is 4.79 Å². The maximum Gasteiger partial charge on any atom is 0.307 e. The lowest BCUT2D eigenvalue weighted by Gasteiger charge is -2.17. The molecule has 2 aliphatic carbocycles. The molecule has 0 radical (unpaired) electrons. The van der Waals surface area contributed by atoms with Crippen LogP contribution in [0.25, 0.3) is 0 Å². The molecule has 0 amide bonds. The van der Waals surface area contributed by atoms with Crippen LogP contribution in [0, 0.1) is 17.8 Å². The molecule has 0 aromatic heterocycles. The first-order valence-corrected chi connectivity index (χ1v) is 4.16. The number of hydrogen-bond donors (Lipinski definition) is 2. The molecule has 2 aliphatic rings. The Morgan fingerprint density at radius 2 is 2.25 bits per heavy atom. The zero-order valence-corrected chi connectivity index (χ0v) is 6.60. The number of aliphatic carboxylic acids is 1. The average molecular weight is 169 g/mol. The van der Waals surface area contributed by atoms with E-state index in [1.807, 2.05) is 0 Å². The lowest BCUT2D eigenvalue weighted by atomic mass is 9.87. The third kappa shape index (κ3) is 0.906. The Hall–Kier alpha value is -1.06. The molecule has 2 fully saturated rings. The lowest BCUT2D eigenvalue weighted by Crippen LogP contribution is -2.26. The van der Waals surface area contributed by atoms with Crippen LogP contribution in [0.5, 0.6) is 0 Å². The monoisotopic (exact) mass is 169 g/mol. The number of fused-ring (bicyclic) bond motifs is 2. The van der Waals surface area contributed by atoms with Gasteiger partial charge in [-0.1, -0.05) is 5.16 Å². The van der Waals surface area contributed by atoms with Gasteiger partial charge in [0, 0.05) is 5.92 Å². The van der Waals surface area contributed by atoms with Gasteiger partial charge in [-0.25, -0.2) is 0 Å². The van der Waals surface area contributed by atoms with Crippen molar-refractivity contribution in [1.29, 1.82) is 0 Å². The molecule has 2 N–H and O–H groups in total. The molecule has 3 unspecified atom stereocenters. The minimum atomic E-state index is -0.747. The fourth-order valence-electron chi connectivity index (χ4n) is 2.51. The molecular formula is C8H11NO3. The number of rotatable bonds is 1. The summed E-state index contributed by atoms with van der Waals surface area (Å²) < 4.78 is 0. The van der Waals surface area contributed by atoms with Gasteiger partial charge in [-0.15, -0.1) is 0 Å². The van der Waals surface area contributed by atoms with Crippen LogP contribution in [0.1, 0.15) is 19.3 Å². The van der Waals surface area contributed by atoms with Gasteiger partial charge in [-0.05, 0) is 25.2 Å². The van der Waals surface area contributed by atoms with E-state index in [9.17, 15) is 4.79 Å². The van der Waals surface area contributed by atoms with Gasteiger partial charge in [0.25, 0.3) is 0 Å². The van der Waals surface area contributed by atoms with E-state index in [-0.39, 0.29) is 11.8 Å². The molecule has 2 bridgehead atoms. The van der Waals surface area contributed by atoms with Gasteiger partial charge in [0.15, 0.2) is 0 Å². The highest BCUT2D eigenvalue weighted by Crippen LogP contribution is 2.46. The van der Waals surface area contributed by atoms with Crippen molar-refractivity contribution >= 4 is 11.7 Å². The van der Waals surface area contributed by atoms with E-state index in [4.69, 9.17) is 10.3 Å². The van der Waals surface area contributed by atoms with E-state index in [2.05, 4.69) is 5.16 Å². The number of carboxylic acid groups (broad SMARTS) is 1. The third-order valence-electron chi connectivity index (χ3n) is 3.03. The summed E-state index contributed by atoms with van der Waals surface area (Å²) in [6, 6.07) is 0. The van der Waals surface area contributed by atoms with E-state index in [0.29, 0.717) is 11.6 Å². The number of oxime groups is 1. The first-order valence-electron chi connectivity index (χ1n) is 4.16. The van der Waals surface area contributed by atoms with Crippen molar-refractivity contribution in [2.45, 2.75) is 19.3 Å². The van der Waals surface area contributed by atoms with Crippen LogP contribution >= 0.6 is 0 Å². The summed E-state index contributed by atoms with van der Waals surface area (Å²) in [5.74, 6) is -0.586. The van der Waals surface area contributed by atoms with E-state index >= 15 is 0 Å². The number of carbonyl (C=O) groups is 1. The van der Waals surface area contributed by atoms with Gasteiger partial charge in [0.1, 0.15) is 0 Å². The van der Waals surface area contributed by atoms with Crippen LogP contribution in [0.3, 0.4) is 0 Å². The molecule has 0 spiro atoms. The predicted molar refractivity (Wildman–Crippen MR) is 41.2 cm³/mol. The van der Waals surface area contributed by atoms with Crippen molar-refractivity contribution in [1.82, 2.24) is 0 Å². The van der Waals surface area contributed by atoms with Crippen molar-refractivity contribution in [2.75, 3.05) is 0 Å². The maximum absolute atomic E-state index is 10.7. The SMILES string of the molecule is O=C(O)C1CC2CC(=NO)C1C2. The van der Waals surface area contributed by atoms with Gasteiger partial charge in [-0.3, -0.25) is 4.79 Å². The van der Waals surface area contributed by atoms with Crippen LogP contribution in [0.2, 0.25) is 0 Å². The Kier molecular flexibility index (Phi) is 1.56. The summed E-state index contributed by atoms with van der Waals surface area (Å²) in [5, 5.41) is 20.6. The quantitative estimate of drug-likeness (QED) is 0.453. The molecule has 3 atom stereocenters. The topological polar surface area (TPSA) is 69.9 Å². The molecule has 0 aromatic carbocycles. The minimum absolute atomic E-state index is 0.0116. The third-order valence-corrected chi connectivity index (χ3v) is 3.03. The first kappa shape index (κ1) is 7.58. The zero-order valence-electron chi connectivity index (χ0n) is 6.60. The smallest absolute Gasteiger partial charge is 0.307 e. The molecule has 0 saturated heterocycles. The van der Waals surface area contributed by atoms with Crippen LogP contribution in [0.4, 0.5) is 0 Å². The average Bonchev–Trinajstić information content (AvgIpc) is 2.60. The molecule has 0 aromatic rings. The maximum atomic E-state index is 10.7. The number of carboxylic acids is 1. The van der Waals surface area contributed by atoms with E-state index < -0.39 is 5.97 Å². The molecule has 4 nitrogen and oxygen atoms in total. The highest BCUT2D eigenvalue weighted by atomic mass is 16.4. The molecule has 66 valence electrons. The summed E-state index contributed by atoms with van der Waals surface area (Å²) >= 11 is 0. The summed E-state index contributed by atoms with van der Waals surface area (Å²) in [5.41, 5.74) is 0.693. The predicted octanol–water partition coefficient (Wildman–Crippen LogP) is 0.947. The molecular weight excluding hydrogens is 158 g/mol. The molecule has 4 heteroatoms. The van der Waals surface area contributed by atoms with Gasteiger partial charge >= 0.3 is 5.97 Å². The summed E-state index contributed by atoms with van der Waals surface area (Å²) in [4.78, 5) is 10.7. The van der Waals surface area contributed by atoms with E-state index in [0.717, 1.165) is 19.3 Å². The second-order valence-electron chi connectivity index (χ2n) is 3.68. The molecule has 0 aliphatic heterocycles. The van der Waals surface area contributed by atoms with E-state index in [1.54, 1.807) is 0 Å². The van der Waals surface area contributed by atoms with Gasteiger partial charge in [-0.2, -0.15) is 0 Å². The minimum Gasteiger partial charge on any atom is -0.481 e. The highest BCUT2D eigenvalue weighted by molar-refractivity contribution is 5.93. The number of hydrogen-bond acceptors (Lipinski definition) is 3.